The summed E-state index contributed by atoms with van der Waals surface area (Å²) in [5.41, 5.74) is 1.97. The molecule has 0 atom stereocenters. The Labute approximate surface area is 88.5 Å². The second-order valence-corrected chi connectivity index (χ2v) is 2.75. The van der Waals surface area contributed by atoms with Gasteiger partial charge in [-0.05, 0) is 18.2 Å². The first kappa shape index (κ1) is 10.8. The number of aromatic nitrogens is 2. The Morgan fingerprint density at radius 2 is 2.14 bits per heavy atom. The van der Waals surface area contributed by atoms with E-state index in [0.29, 0.717) is 12.9 Å². The summed E-state index contributed by atoms with van der Waals surface area (Å²) >= 11 is 0. The summed E-state index contributed by atoms with van der Waals surface area (Å²) in [6.45, 7) is 0.525. The number of hydrogen-bond acceptors (Lipinski definition) is 1. The van der Waals surface area contributed by atoms with Crippen LogP contribution in [0.25, 0.3) is 11.0 Å². The lowest BCUT2D eigenvalue weighted by Crippen LogP contribution is -1.91. The van der Waals surface area contributed by atoms with Gasteiger partial charge in [0.1, 0.15) is 0 Å². The highest BCUT2D eigenvalue weighted by Gasteiger charge is 1.97. The van der Waals surface area contributed by atoms with Gasteiger partial charge in [-0.15, -0.1) is 0 Å². The minimum Gasteiger partial charge on any atom is -0.327 e. The van der Waals surface area contributed by atoms with Crippen molar-refractivity contribution in [2.75, 3.05) is 0 Å². The lowest BCUT2D eigenvalue weighted by molar-refractivity contribution is 0.705. The Balaban J connectivity index is 0.000000980. The summed E-state index contributed by atoms with van der Waals surface area (Å²) in [5, 5.41) is 0. The molecule has 0 aliphatic rings. The number of nitrogens with zero attached hydrogens (tertiary/aromatic N) is 2. The van der Waals surface area contributed by atoms with Gasteiger partial charge in [0.05, 0.1) is 23.7 Å². The third-order valence-corrected chi connectivity index (χ3v) is 1.92. The van der Waals surface area contributed by atoms with Crippen LogP contribution in [0.1, 0.15) is 0 Å². The number of halogens is 1. The van der Waals surface area contributed by atoms with Gasteiger partial charge >= 0.3 is 0 Å². The van der Waals surface area contributed by atoms with Crippen molar-refractivity contribution in [2.24, 2.45) is 0 Å². The van der Waals surface area contributed by atoms with Crippen molar-refractivity contribution in [3.63, 3.8) is 0 Å². The number of benzene rings is 1. The fourth-order valence-electron chi connectivity index (χ4n) is 1.31. The molecule has 0 amide bonds. The summed E-state index contributed by atoms with van der Waals surface area (Å²) in [6.07, 6.45) is 3.72. The predicted molar refractivity (Wildman–Crippen MR) is 60.4 cm³/mol. The SMILES string of the molecule is FC=CCn1cnc2ccccc21.S. The topological polar surface area (TPSA) is 17.8 Å². The van der Waals surface area contributed by atoms with E-state index in [1.54, 1.807) is 6.33 Å². The zero-order valence-corrected chi connectivity index (χ0v) is 8.52. The molecule has 4 heteroatoms. The largest absolute Gasteiger partial charge is 0.327 e. The molecule has 2 nitrogen and oxygen atoms in total. The molecule has 0 spiro atoms. The van der Waals surface area contributed by atoms with Gasteiger partial charge in [-0.2, -0.15) is 13.5 Å². The maximum Gasteiger partial charge on any atom is 0.0961 e. The molecule has 0 N–H and O–H groups in total. The molecule has 0 saturated heterocycles. The van der Waals surface area contributed by atoms with Crippen LogP contribution >= 0.6 is 13.5 Å². The fraction of sp³-hybridized carbons (Fsp3) is 0.100. The molecular formula is C10H11FN2S. The molecule has 14 heavy (non-hydrogen) atoms. The van der Waals surface area contributed by atoms with Gasteiger partial charge in [0, 0.05) is 6.54 Å². The van der Waals surface area contributed by atoms with Crippen molar-refractivity contribution in [3.05, 3.63) is 43.0 Å². The molecule has 0 aliphatic carbocycles. The van der Waals surface area contributed by atoms with E-state index in [4.69, 9.17) is 0 Å². The second-order valence-electron chi connectivity index (χ2n) is 2.75. The summed E-state index contributed by atoms with van der Waals surface area (Å²) < 4.78 is 13.7. The lowest BCUT2D eigenvalue weighted by Gasteiger charge is -1.97. The molecule has 2 aromatic rings. The van der Waals surface area contributed by atoms with Crippen LogP contribution in [0.2, 0.25) is 0 Å². The minimum absolute atomic E-state index is 0. The first-order valence-corrected chi connectivity index (χ1v) is 4.07. The van der Waals surface area contributed by atoms with Crippen LogP contribution in [0.15, 0.2) is 43.0 Å². The molecule has 0 radical (unpaired) electrons. The summed E-state index contributed by atoms with van der Waals surface area (Å²) in [4.78, 5) is 4.18. The van der Waals surface area contributed by atoms with Gasteiger partial charge in [0.25, 0.3) is 0 Å². The Kier molecular flexibility index (Phi) is 3.71. The molecule has 0 saturated carbocycles. The van der Waals surface area contributed by atoms with Crippen molar-refractivity contribution in [3.8, 4) is 0 Å². The van der Waals surface area contributed by atoms with E-state index in [9.17, 15) is 4.39 Å². The molecule has 2 rings (SSSR count). The van der Waals surface area contributed by atoms with Crippen LogP contribution in [0.5, 0.6) is 0 Å². The van der Waals surface area contributed by atoms with Crippen molar-refractivity contribution in [1.82, 2.24) is 9.55 Å². The Bertz CT molecular complexity index is 436. The summed E-state index contributed by atoms with van der Waals surface area (Å²) in [5.74, 6) is 0. The minimum atomic E-state index is 0. The van der Waals surface area contributed by atoms with E-state index < -0.39 is 0 Å². The van der Waals surface area contributed by atoms with Gasteiger partial charge in [-0.25, -0.2) is 9.37 Å². The molecule has 0 aliphatic heterocycles. The van der Waals surface area contributed by atoms with Crippen LogP contribution in [0, 0.1) is 0 Å². The van der Waals surface area contributed by atoms with Gasteiger partial charge in [0.15, 0.2) is 0 Å². The first-order chi connectivity index (χ1) is 6.42. The number of para-hydroxylation sites is 2. The van der Waals surface area contributed by atoms with Crippen molar-refractivity contribution in [1.29, 1.82) is 0 Å². The van der Waals surface area contributed by atoms with Crippen LogP contribution in [-0.4, -0.2) is 9.55 Å². The van der Waals surface area contributed by atoms with E-state index in [1.807, 2.05) is 28.8 Å². The summed E-state index contributed by atoms with van der Waals surface area (Å²) in [7, 11) is 0. The zero-order chi connectivity index (χ0) is 9.10. The highest BCUT2D eigenvalue weighted by molar-refractivity contribution is 7.59. The van der Waals surface area contributed by atoms with Gasteiger partial charge in [-0.3, -0.25) is 0 Å². The van der Waals surface area contributed by atoms with E-state index in [0.717, 1.165) is 11.0 Å². The van der Waals surface area contributed by atoms with E-state index in [1.165, 1.54) is 6.08 Å². The fourth-order valence-corrected chi connectivity index (χ4v) is 1.31. The van der Waals surface area contributed by atoms with Crippen LogP contribution in [0.4, 0.5) is 4.39 Å². The highest BCUT2D eigenvalue weighted by Crippen LogP contribution is 2.11. The van der Waals surface area contributed by atoms with E-state index >= 15 is 0 Å². The third-order valence-electron chi connectivity index (χ3n) is 1.92. The second kappa shape index (κ2) is 4.81. The molecule has 74 valence electrons. The van der Waals surface area contributed by atoms with Crippen molar-refractivity contribution >= 4 is 24.5 Å². The standard InChI is InChI=1S/C10H9FN2.H2S/c11-6-3-7-13-8-12-9-4-1-2-5-10(9)13;/h1-6,8H,7H2;1H2. The zero-order valence-electron chi connectivity index (χ0n) is 7.52. The van der Waals surface area contributed by atoms with Gasteiger partial charge in [-0.1, -0.05) is 12.1 Å². The van der Waals surface area contributed by atoms with Crippen LogP contribution < -0.4 is 0 Å². The Hall–Kier alpha value is -1.29. The van der Waals surface area contributed by atoms with Crippen molar-refractivity contribution < 1.29 is 4.39 Å². The highest BCUT2D eigenvalue weighted by atomic mass is 32.1. The van der Waals surface area contributed by atoms with Crippen LogP contribution in [-0.2, 0) is 6.54 Å². The molecular weight excluding hydrogens is 199 g/mol. The number of allylic oxidation sites excluding steroid dienone is 1. The Morgan fingerprint density at radius 3 is 2.93 bits per heavy atom. The Morgan fingerprint density at radius 1 is 1.36 bits per heavy atom. The first-order valence-electron chi connectivity index (χ1n) is 4.07. The molecule has 0 unspecified atom stereocenters. The maximum atomic E-state index is 11.8. The average Bonchev–Trinajstić information content (AvgIpc) is 2.58. The normalized spacial score (nSPS) is 10.6. The lowest BCUT2D eigenvalue weighted by atomic mass is 10.3. The smallest absolute Gasteiger partial charge is 0.0961 e. The quantitative estimate of drug-likeness (QED) is 0.745. The number of imidazole rings is 1. The number of rotatable bonds is 2. The maximum absolute atomic E-state index is 11.8. The summed E-state index contributed by atoms with van der Waals surface area (Å²) in [6, 6.07) is 7.78. The molecule has 1 aromatic heterocycles. The average molecular weight is 210 g/mol. The predicted octanol–water partition coefficient (Wildman–Crippen LogP) is 2.63. The molecule has 1 aromatic carbocycles. The van der Waals surface area contributed by atoms with Crippen LogP contribution in [0.3, 0.4) is 0 Å². The molecule has 1 heterocycles. The van der Waals surface area contributed by atoms with E-state index in [2.05, 4.69) is 4.98 Å². The molecule has 0 fully saturated rings. The third kappa shape index (κ3) is 1.96. The monoisotopic (exact) mass is 210 g/mol. The van der Waals surface area contributed by atoms with Gasteiger partial charge < -0.3 is 4.57 Å². The molecule has 0 bridgehead atoms. The van der Waals surface area contributed by atoms with Crippen molar-refractivity contribution in [2.45, 2.75) is 6.54 Å². The van der Waals surface area contributed by atoms with E-state index in [-0.39, 0.29) is 13.5 Å². The number of hydrogen-bond donors (Lipinski definition) is 0. The van der Waals surface area contributed by atoms with Gasteiger partial charge in [0.2, 0.25) is 0 Å². The number of fused-ring (bicyclic) bond motifs is 1.